The summed E-state index contributed by atoms with van der Waals surface area (Å²) in [6.07, 6.45) is 1.11. The van der Waals surface area contributed by atoms with Crippen LogP contribution in [0.25, 0.3) is 0 Å². The first-order valence-corrected chi connectivity index (χ1v) is 7.75. The Labute approximate surface area is 149 Å². The Morgan fingerprint density at radius 3 is 2.33 bits per heavy atom. The number of amides is 1. The van der Waals surface area contributed by atoms with E-state index in [-0.39, 0.29) is 18.3 Å². The summed E-state index contributed by atoms with van der Waals surface area (Å²) in [5, 5.41) is 0. The van der Waals surface area contributed by atoms with Crippen LogP contribution >= 0.6 is 12.4 Å². The maximum absolute atomic E-state index is 12.7. The SMILES string of the molecule is COc1cc(C)c(CN(C)C(=O)C2(N)CCOCC2)cc1OC.Cl. The molecule has 136 valence electrons. The number of nitrogens with two attached hydrogens (primary N) is 1. The topological polar surface area (TPSA) is 74.0 Å². The van der Waals surface area contributed by atoms with Gasteiger partial charge in [0.15, 0.2) is 11.5 Å². The van der Waals surface area contributed by atoms with Gasteiger partial charge in [-0.05, 0) is 43.0 Å². The number of hydrogen-bond donors (Lipinski definition) is 1. The molecule has 2 rings (SSSR count). The van der Waals surface area contributed by atoms with Crippen molar-refractivity contribution >= 4 is 18.3 Å². The number of methoxy groups -OCH3 is 2. The number of carbonyl (C=O) groups is 1. The molecule has 1 aromatic rings. The van der Waals surface area contributed by atoms with Gasteiger partial charge in [0, 0.05) is 26.8 Å². The van der Waals surface area contributed by atoms with Crippen molar-refractivity contribution in [3.05, 3.63) is 23.3 Å². The number of carbonyl (C=O) groups excluding carboxylic acids is 1. The third kappa shape index (κ3) is 4.32. The van der Waals surface area contributed by atoms with E-state index in [4.69, 9.17) is 19.9 Å². The molecule has 2 N–H and O–H groups in total. The molecule has 0 bridgehead atoms. The first kappa shape index (κ1) is 20.5. The third-order valence-corrected chi connectivity index (χ3v) is 4.41. The van der Waals surface area contributed by atoms with Crippen LogP contribution < -0.4 is 15.2 Å². The number of halogens is 1. The van der Waals surface area contributed by atoms with Crippen LogP contribution in [0.5, 0.6) is 11.5 Å². The quantitative estimate of drug-likeness (QED) is 0.870. The molecule has 1 aliphatic rings. The molecule has 0 atom stereocenters. The summed E-state index contributed by atoms with van der Waals surface area (Å²) in [6.45, 7) is 3.53. The average Bonchev–Trinajstić information content (AvgIpc) is 2.56. The van der Waals surface area contributed by atoms with Crippen LogP contribution in [0.2, 0.25) is 0 Å². The first-order valence-electron chi connectivity index (χ1n) is 7.75. The van der Waals surface area contributed by atoms with Crippen molar-refractivity contribution in [3.63, 3.8) is 0 Å². The van der Waals surface area contributed by atoms with Crippen molar-refractivity contribution < 1.29 is 19.0 Å². The van der Waals surface area contributed by atoms with Gasteiger partial charge in [0.05, 0.1) is 19.8 Å². The lowest BCUT2D eigenvalue weighted by Gasteiger charge is -2.35. The fraction of sp³-hybridized carbons (Fsp3) is 0.588. The molecule has 24 heavy (non-hydrogen) atoms. The normalized spacial score (nSPS) is 16.0. The summed E-state index contributed by atoms with van der Waals surface area (Å²) < 4.78 is 15.9. The molecule has 1 aliphatic heterocycles. The third-order valence-electron chi connectivity index (χ3n) is 4.41. The molecule has 1 saturated heterocycles. The zero-order valence-corrected chi connectivity index (χ0v) is 15.6. The van der Waals surface area contributed by atoms with Gasteiger partial charge in [-0.2, -0.15) is 0 Å². The highest BCUT2D eigenvalue weighted by molar-refractivity contribution is 5.86. The minimum atomic E-state index is -0.822. The lowest BCUT2D eigenvalue weighted by Crippen LogP contribution is -2.57. The highest BCUT2D eigenvalue weighted by Crippen LogP contribution is 2.31. The van der Waals surface area contributed by atoms with Crippen LogP contribution in [0.15, 0.2) is 12.1 Å². The first-order chi connectivity index (χ1) is 10.9. The second-order valence-corrected chi connectivity index (χ2v) is 6.06. The Balaban J connectivity index is 0.00000288. The van der Waals surface area contributed by atoms with Gasteiger partial charge < -0.3 is 24.8 Å². The van der Waals surface area contributed by atoms with E-state index in [0.717, 1.165) is 11.1 Å². The summed E-state index contributed by atoms with van der Waals surface area (Å²) in [5.41, 5.74) is 7.51. The molecule has 1 amide bonds. The standard InChI is InChI=1S/C17H26N2O4.ClH/c1-12-9-14(21-3)15(22-4)10-13(12)11-19(2)16(20)17(18)5-7-23-8-6-17;/h9-10H,5-8,11,18H2,1-4H3;1H. The fourth-order valence-electron chi connectivity index (χ4n) is 2.85. The number of nitrogens with zero attached hydrogens (tertiary/aromatic N) is 1. The van der Waals surface area contributed by atoms with Gasteiger partial charge >= 0.3 is 0 Å². The Morgan fingerprint density at radius 1 is 1.25 bits per heavy atom. The second kappa shape index (κ2) is 8.55. The number of likely N-dealkylation sites (N-methyl/N-ethyl adjacent to an activating group) is 1. The zero-order valence-electron chi connectivity index (χ0n) is 14.8. The second-order valence-electron chi connectivity index (χ2n) is 6.06. The van der Waals surface area contributed by atoms with Gasteiger partial charge in [0.2, 0.25) is 5.91 Å². The van der Waals surface area contributed by atoms with E-state index in [1.165, 1.54) is 0 Å². The molecule has 0 spiro atoms. The highest BCUT2D eigenvalue weighted by Gasteiger charge is 2.37. The maximum atomic E-state index is 12.7. The monoisotopic (exact) mass is 358 g/mol. The zero-order chi connectivity index (χ0) is 17.0. The number of hydrogen-bond acceptors (Lipinski definition) is 5. The average molecular weight is 359 g/mol. The largest absolute Gasteiger partial charge is 0.493 e. The lowest BCUT2D eigenvalue weighted by molar-refractivity contribution is -0.139. The van der Waals surface area contributed by atoms with E-state index in [1.54, 1.807) is 26.2 Å². The van der Waals surface area contributed by atoms with Crippen LogP contribution in [0.1, 0.15) is 24.0 Å². The van der Waals surface area contributed by atoms with Crippen molar-refractivity contribution in [2.75, 3.05) is 34.5 Å². The number of rotatable bonds is 5. The number of aryl methyl sites for hydroxylation is 1. The predicted octanol–water partition coefficient (Wildman–Crippen LogP) is 1.90. The smallest absolute Gasteiger partial charge is 0.242 e. The molecule has 0 aromatic heterocycles. The summed E-state index contributed by atoms with van der Waals surface area (Å²) in [6, 6.07) is 3.82. The van der Waals surface area contributed by atoms with E-state index >= 15 is 0 Å². The fourth-order valence-corrected chi connectivity index (χ4v) is 2.85. The molecule has 1 heterocycles. The molecule has 0 radical (unpaired) electrons. The number of ether oxygens (including phenoxy) is 3. The Bertz CT molecular complexity index is 574. The van der Waals surface area contributed by atoms with Crippen LogP contribution in [0.3, 0.4) is 0 Å². The van der Waals surface area contributed by atoms with Gasteiger partial charge in [-0.25, -0.2) is 0 Å². The maximum Gasteiger partial charge on any atom is 0.242 e. The summed E-state index contributed by atoms with van der Waals surface area (Å²) in [5.74, 6) is 1.29. The molecule has 1 fully saturated rings. The molecule has 0 unspecified atom stereocenters. The Hall–Kier alpha value is -1.50. The molecule has 0 aliphatic carbocycles. The van der Waals surface area contributed by atoms with Crippen molar-refractivity contribution in [1.29, 1.82) is 0 Å². The van der Waals surface area contributed by atoms with Gasteiger partial charge in [-0.3, -0.25) is 4.79 Å². The predicted molar refractivity (Wildman–Crippen MR) is 95.0 cm³/mol. The Morgan fingerprint density at radius 2 is 1.79 bits per heavy atom. The molecule has 0 saturated carbocycles. The molecular weight excluding hydrogens is 332 g/mol. The van der Waals surface area contributed by atoms with Crippen LogP contribution in [-0.4, -0.2) is 50.8 Å². The van der Waals surface area contributed by atoms with Crippen molar-refractivity contribution in [3.8, 4) is 11.5 Å². The van der Waals surface area contributed by atoms with Crippen LogP contribution in [0.4, 0.5) is 0 Å². The van der Waals surface area contributed by atoms with Crippen molar-refractivity contribution in [2.45, 2.75) is 31.8 Å². The molecule has 7 heteroatoms. The summed E-state index contributed by atoms with van der Waals surface area (Å²) in [4.78, 5) is 14.4. The number of benzene rings is 1. The van der Waals surface area contributed by atoms with E-state index < -0.39 is 5.54 Å². The van der Waals surface area contributed by atoms with Gasteiger partial charge in [0.1, 0.15) is 0 Å². The molecular formula is C17H27ClN2O4. The van der Waals surface area contributed by atoms with Crippen LogP contribution in [0, 0.1) is 6.92 Å². The minimum absolute atomic E-state index is 0. The van der Waals surface area contributed by atoms with E-state index in [1.807, 2.05) is 19.1 Å². The van der Waals surface area contributed by atoms with E-state index in [2.05, 4.69) is 0 Å². The van der Waals surface area contributed by atoms with Gasteiger partial charge in [-0.1, -0.05) is 0 Å². The molecule has 6 nitrogen and oxygen atoms in total. The molecule has 1 aromatic carbocycles. The Kier molecular flexibility index (Phi) is 7.32. The van der Waals surface area contributed by atoms with Crippen LogP contribution in [-0.2, 0) is 16.1 Å². The van der Waals surface area contributed by atoms with Crippen molar-refractivity contribution in [2.24, 2.45) is 5.73 Å². The summed E-state index contributed by atoms with van der Waals surface area (Å²) >= 11 is 0. The van der Waals surface area contributed by atoms with Gasteiger partial charge in [0.25, 0.3) is 0 Å². The summed E-state index contributed by atoms with van der Waals surface area (Å²) in [7, 11) is 4.99. The van der Waals surface area contributed by atoms with Crippen molar-refractivity contribution in [1.82, 2.24) is 4.90 Å². The lowest BCUT2D eigenvalue weighted by atomic mass is 9.89. The minimum Gasteiger partial charge on any atom is -0.493 e. The highest BCUT2D eigenvalue weighted by atomic mass is 35.5. The van der Waals surface area contributed by atoms with Gasteiger partial charge in [-0.15, -0.1) is 12.4 Å². The van der Waals surface area contributed by atoms with E-state index in [0.29, 0.717) is 44.1 Å². The van der Waals surface area contributed by atoms with E-state index in [9.17, 15) is 4.79 Å².